The summed E-state index contributed by atoms with van der Waals surface area (Å²) in [6.45, 7) is 6.26. The fourth-order valence-corrected chi connectivity index (χ4v) is 1.62. The van der Waals surface area contributed by atoms with Crippen molar-refractivity contribution in [2.24, 2.45) is 11.3 Å². The number of hydrogen-bond acceptors (Lipinski definition) is 4. The Bertz CT molecular complexity index is 258. The Labute approximate surface area is 84.2 Å². The van der Waals surface area contributed by atoms with Crippen molar-refractivity contribution in [3.05, 3.63) is 11.8 Å². The average molecular weight is 199 g/mol. The van der Waals surface area contributed by atoms with Crippen LogP contribution in [0.4, 0.5) is 0 Å². The van der Waals surface area contributed by atoms with E-state index in [0.717, 1.165) is 5.57 Å². The molecule has 4 nitrogen and oxygen atoms in total. The number of rotatable bonds is 4. The van der Waals surface area contributed by atoms with Crippen LogP contribution in [0, 0.1) is 11.3 Å². The van der Waals surface area contributed by atoms with E-state index in [1.165, 1.54) is 7.11 Å². The highest BCUT2D eigenvalue weighted by molar-refractivity contribution is 5.83. The Morgan fingerprint density at radius 2 is 2.29 bits per heavy atom. The molecule has 0 aliphatic heterocycles. The van der Waals surface area contributed by atoms with Gasteiger partial charge in [-0.15, -0.1) is 0 Å². The first kappa shape index (κ1) is 11.0. The van der Waals surface area contributed by atoms with E-state index in [1.807, 2.05) is 20.8 Å². The lowest BCUT2D eigenvalue weighted by molar-refractivity contribution is -0.145. The summed E-state index contributed by atoms with van der Waals surface area (Å²) in [5.74, 6) is -0.272. The SMILES string of the molecule is CCOC(=O)C1C(=CNOC)C1(C)C. The van der Waals surface area contributed by atoms with Gasteiger partial charge in [-0.05, 0) is 12.5 Å². The topological polar surface area (TPSA) is 47.6 Å². The van der Waals surface area contributed by atoms with Crippen molar-refractivity contribution < 1.29 is 14.4 Å². The van der Waals surface area contributed by atoms with E-state index in [9.17, 15) is 4.79 Å². The number of nitrogens with one attached hydrogen (secondary N) is 1. The summed E-state index contributed by atoms with van der Waals surface area (Å²) in [5, 5.41) is 0. The van der Waals surface area contributed by atoms with Crippen molar-refractivity contribution in [1.29, 1.82) is 0 Å². The summed E-state index contributed by atoms with van der Waals surface area (Å²) >= 11 is 0. The molecule has 0 heterocycles. The van der Waals surface area contributed by atoms with Gasteiger partial charge in [0.1, 0.15) is 0 Å². The molecule has 80 valence electrons. The highest BCUT2D eigenvalue weighted by Crippen LogP contribution is 2.57. The van der Waals surface area contributed by atoms with E-state index in [4.69, 9.17) is 9.57 Å². The van der Waals surface area contributed by atoms with Crippen LogP contribution in [0.5, 0.6) is 0 Å². The molecule has 0 saturated heterocycles. The van der Waals surface area contributed by atoms with Crippen LogP contribution in [0.15, 0.2) is 11.8 Å². The van der Waals surface area contributed by atoms with Gasteiger partial charge in [0.25, 0.3) is 0 Å². The maximum absolute atomic E-state index is 11.5. The molecule has 1 atom stereocenters. The minimum Gasteiger partial charge on any atom is -0.466 e. The van der Waals surface area contributed by atoms with Crippen molar-refractivity contribution >= 4 is 5.97 Å². The molecule has 0 bridgehead atoms. The number of ether oxygens (including phenoxy) is 1. The zero-order valence-corrected chi connectivity index (χ0v) is 9.09. The molecule has 0 spiro atoms. The molecule has 1 aliphatic carbocycles. The van der Waals surface area contributed by atoms with E-state index in [2.05, 4.69) is 5.48 Å². The molecule has 1 rings (SSSR count). The standard InChI is InChI=1S/C10H17NO3/c1-5-14-9(12)8-7(6-11-13-4)10(8,2)3/h6,8,11H,5H2,1-4H3. The molecule has 14 heavy (non-hydrogen) atoms. The molecule has 1 fully saturated rings. The minimum absolute atomic E-state index is 0.0994. The third-order valence-corrected chi connectivity index (χ3v) is 2.55. The average Bonchev–Trinajstić information content (AvgIpc) is 2.65. The molecule has 4 heteroatoms. The lowest BCUT2D eigenvalue weighted by Gasteiger charge is -2.00. The summed E-state index contributed by atoms with van der Waals surface area (Å²) in [6, 6.07) is 0. The summed E-state index contributed by atoms with van der Waals surface area (Å²) in [7, 11) is 1.53. The Hall–Kier alpha value is -1.03. The molecular weight excluding hydrogens is 182 g/mol. The Morgan fingerprint density at radius 3 is 2.79 bits per heavy atom. The molecule has 1 aliphatic rings. The van der Waals surface area contributed by atoms with Gasteiger partial charge in [-0.3, -0.25) is 15.1 Å². The first-order valence-corrected chi connectivity index (χ1v) is 4.71. The van der Waals surface area contributed by atoms with Crippen LogP contribution in [0.3, 0.4) is 0 Å². The number of esters is 1. The van der Waals surface area contributed by atoms with Gasteiger partial charge >= 0.3 is 5.97 Å². The highest BCUT2D eigenvalue weighted by atomic mass is 16.6. The van der Waals surface area contributed by atoms with Crippen molar-refractivity contribution in [2.45, 2.75) is 20.8 Å². The lowest BCUT2D eigenvalue weighted by atomic mass is 10.1. The molecular formula is C10H17NO3. The van der Waals surface area contributed by atoms with Gasteiger partial charge in [0.05, 0.1) is 19.6 Å². The molecule has 1 saturated carbocycles. The second kappa shape index (κ2) is 4.00. The van der Waals surface area contributed by atoms with Gasteiger partial charge in [0.2, 0.25) is 0 Å². The number of carbonyl (C=O) groups is 1. The van der Waals surface area contributed by atoms with Crippen molar-refractivity contribution in [3.63, 3.8) is 0 Å². The van der Waals surface area contributed by atoms with Crippen LogP contribution in [0.25, 0.3) is 0 Å². The predicted octanol–water partition coefficient (Wildman–Crippen LogP) is 1.24. The van der Waals surface area contributed by atoms with Gasteiger partial charge in [0.15, 0.2) is 0 Å². The predicted molar refractivity (Wildman–Crippen MR) is 52.1 cm³/mol. The maximum Gasteiger partial charge on any atom is 0.314 e. The van der Waals surface area contributed by atoms with E-state index in [0.29, 0.717) is 6.61 Å². The minimum atomic E-state index is -0.151. The van der Waals surface area contributed by atoms with E-state index < -0.39 is 0 Å². The van der Waals surface area contributed by atoms with Gasteiger partial charge in [0, 0.05) is 11.6 Å². The summed E-state index contributed by atoms with van der Waals surface area (Å²) < 4.78 is 4.96. The van der Waals surface area contributed by atoms with E-state index in [-0.39, 0.29) is 17.3 Å². The molecule has 1 N–H and O–H groups in total. The number of hydrogen-bond donors (Lipinski definition) is 1. The zero-order valence-electron chi connectivity index (χ0n) is 9.09. The van der Waals surface area contributed by atoms with Crippen molar-refractivity contribution in [2.75, 3.05) is 13.7 Å². The first-order valence-electron chi connectivity index (χ1n) is 4.71. The quantitative estimate of drug-likeness (QED) is 0.546. The summed E-state index contributed by atoms with van der Waals surface area (Å²) in [4.78, 5) is 16.2. The first-order chi connectivity index (χ1) is 6.55. The maximum atomic E-state index is 11.5. The van der Waals surface area contributed by atoms with Crippen molar-refractivity contribution in [1.82, 2.24) is 5.48 Å². The zero-order chi connectivity index (χ0) is 10.8. The fraction of sp³-hybridized carbons (Fsp3) is 0.700. The van der Waals surface area contributed by atoms with Crippen LogP contribution in [-0.2, 0) is 14.4 Å². The summed E-state index contributed by atoms with van der Waals surface area (Å²) in [6.07, 6.45) is 1.72. The van der Waals surface area contributed by atoms with Crippen LogP contribution >= 0.6 is 0 Å². The Kier molecular flexibility index (Phi) is 3.16. The molecule has 0 amide bonds. The second-order valence-corrected chi connectivity index (χ2v) is 3.83. The monoisotopic (exact) mass is 199 g/mol. The molecule has 0 aromatic carbocycles. The second-order valence-electron chi connectivity index (χ2n) is 3.83. The van der Waals surface area contributed by atoms with E-state index in [1.54, 1.807) is 6.20 Å². The lowest BCUT2D eigenvalue weighted by Crippen LogP contribution is -2.10. The number of hydroxylamine groups is 1. The van der Waals surface area contributed by atoms with Crippen LogP contribution < -0.4 is 5.48 Å². The van der Waals surface area contributed by atoms with Gasteiger partial charge < -0.3 is 4.74 Å². The van der Waals surface area contributed by atoms with Crippen LogP contribution in [0.1, 0.15) is 20.8 Å². The van der Waals surface area contributed by atoms with Gasteiger partial charge in [-0.1, -0.05) is 13.8 Å². The smallest absolute Gasteiger partial charge is 0.314 e. The van der Waals surface area contributed by atoms with Crippen LogP contribution in [-0.4, -0.2) is 19.7 Å². The van der Waals surface area contributed by atoms with E-state index >= 15 is 0 Å². The van der Waals surface area contributed by atoms with Gasteiger partial charge in [-0.2, -0.15) is 0 Å². The summed E-state index contributed by atoms with van der Waals surface area (Å²) in [5.41, 5.74) is 3.55. The highest BCUT2D eigenvalue weighted by Gasteiger charge is 2.57. The molecule has 0 aromatic rings. The third kappa shape index (κ3) is 1.90. The molecule has 0 radical (unpaired) electrons. The Morgan fingerprint density at radius 1 is 1.64 bits per heavy atom. The molecule has 0 aromatic heterocycles. The van der Waals surface area contributed by atoms with Gasteiger partial charge in [-0.25, -0.2) is 0 Å². The van der Waals surface area contributed by atoms with Crippen molar-refractivity contribution in [3.8, 4) is 0 Å². The van der Waals surface area contributed by atoms with Crippen LogP contribution in [0.2, 0.25) is 0 Å². The molecule has 1 unspecified atom stereocenters. The normalized spacial score (nSPS) is 26.0. The fourth-order valence-electron chi connectivity index (χ4n) is 1.62. The number of carbonyl (C=O) groups excluding carboxylic acids is 1. The largest absolute Gasteiger partial charge is 0.466 e. The Balaban J connectivity index is 2.61. The third-order valence-electron chi connectivity index (χ3n) is 2.55.